The summed E-state index contributed by atoms with van der Waals surface area (Å²) in [5, 5.41) is 4.03. The quantitative estimate of drug-likeness (QED) is 0.514. The lowest BCUT2D eigenvalue weighted by atomic mass is 10.1. The van der Waals surface area contributed by atoms with E-state index in [-0.39, 0.29) is 10.8 Å². The molecule has 0 atom stereocenters. The highest BCUT2D eigenvalue weighted by Crippen LogP contribution is 2.30. The van der Waals surface area contributed by atoms with Crippen molar-refractivity contribution in [2.45, 2.75) is 18.7 Å². The molecule has 4 rings (SSSR count). The van der Waals surface area contributed by atoms with Crippen molar-refractivity contribution in [3.8, 4) is 22.8 Å². The van der Waals surface area contributed by atoms with Crippen LogP contribution in [0.2, 0.25) is 0 Å². The number of aryl methyl sites for hydroxylation is 2. The van der Waals surface area contributed by atoms with Gasteiger partial charge in [-0.05, 0) is 38.1 Å². The molecule has 0 amide bonds. The second-order valence-electron chi connectivity index (χ2n) is 6.75. The van der Waals surface area contributed by atoms with Crippen molar-refractivity contribution in [2.24, 2.45) is 0 Å². The van der Waals surface area contributed by atoms with E-state index in [0.717, 1.165) is 16.7 Å². The fraction of sp³-hybridized carbons (Fsp3) is 0.0909. The fourth-order valence-electron chi connectivity index (χ4n) is 2.83. The molecule has 0 unspecified atom stereocenters. The third-order valence-corrected chi connectivity index (χ3v) is 5.85. The normalized spacial score (nSPS) is 11.4. The Morgan fingerprint density at radius 1 is 0.828 bits per heavy atom. The molecule has 0 fully saturated rings. The first-order chi connectivity index (χ1) is 13.9. The number of aromatic nitrogens is 2. The van der Waals surface area contributed by atoms with Crippen LogP contribution in [0.1, 0.15) is 11.1 Å². The average molecular weight is 405 g/mol. The highest BCUT2D eigenvalue weighted by molar-refractivity contribution is 7.92. The maximum atomic E-state index is 12.8. The first-order valence-electron chi connectivity index (χ1n) is 9.02. The van der Waals surface area contributed by atoms with E-state index < -0.39 is 10.0 Å². The van der Waals surface area contributed by atoms with E-state index in [1.807, 2.05) is 38.1 Å². The molecule has 0 aliphatic carbocycles. The molecule has 6 nitrogen and oxygen atoms in total. The molecular formula is C22H19N3O3S. The van der Waals surface area contributed by atoms with E-state index >= 15 is 0 Å². The lowest BCUT2D eigenvalue weighted by Gasteiger charge is -2.10. The molecule has 1 N–H and O–H groups in total. The Kier molecular flexibility index (Phi) is 4.90. The largest absolute Gasteiger partial charge is 0.334 e. The maximum absolute atomic E-state index is 12.8. The first-order valence-corrected chi connectivity index (χ1v) is 10.5. The zero-order valence-corrected chi connectivity index (χ0v) is 16.8. The molecule has 3 aromatic carbocycles. The van der Waals surface area contributed by atoms with Gasteiger partial charge in [0, 0.05) is 5.56 Å². The molecule has 0 bridgehead atoms. The molecule has 1 heterocycles. The molecule has 0 aliphatic rings. The van der Waals surface area contributed by atoms with Crippen molar-refractivity contribution in [3.63, 3.8) is 0 Å². The molecule has 4 aromatic rings. The van der Waals surface area contributed by atoms with E-state index in [1.54, 1.807) is 48.5 Å². The van der Waals surface area contributed by atoms with Gasteiger partial charge in [0.05, 0.1) is 16.1 Å². The zero-order chi connectivity index (χ0) is 20.4. The highest BCUT2D eigenvalue weighted by Gasteiger charge is 2.19. The third kappa shape index (κ3) is 4.05. The summed E-state index contributed by atoms with van der Waals surface area (Å²) < 4.78 is 33.6. The number of nitrogens with one attached hydrogen (secondary N) is 1. The van der Waals surface area contributed by atoms with Gasteiger partial charge in [0.1, 0.15) is 0 Å². The molecular weight excluding hydrogens is 386 g/mol. The highest BCUT2D eigenvalue weighted by atomic mass is 32.2. The van der Waals surface area contributed by atoms with Crippen LogP contribution in [0.15, 0.2) is 82.2 Å². The summed E-state index contributed by atoms with van der Waals surface area (Å²) in [5.74, 6) is 0.680. The van der Waals surface area contributed by atoms with Crippen molar-refractivity contribution in [1.82, 2.24) is 10.1 Å². The van der Waals surface area contributed by atoms with Crippen LogP contribution in [0.4, 0.5) is 5.69 Å². The lowest BCUT2D eigenvalue weighted by Crippen LogP contribution is -2.13. The summed E-state index contributed by atoms with van der Waals surface area (Å²) in [6.07, 6.45) is 0. The number of benzene rings is 3. The van der Waals surface area contributed by atoms with Crippen molar-refractivity contribution in [2.75, 3.05) is 4.72 Å². The van der Waals surface area contributed by atoms with E-state index in [2.05, 4.69) is 14.9 Å². The minimum absolute atomic E-state index is 0.184. The second-order valence-corrected chi connectivity index (χ2v) is 8.44. The second kappa shape index (κ2) is 7.52. The standard InChI is InChI=1S/C22H19N3O3S/c1-15-7-11-17(12-8-15)21-23-22(28-24-21)19-5-3-4-6-20(19)25-29(26,27)18-13-9-16(2)10-14-18/h3-14,25H,1-2H3. The van der Waals surface area contributed by atoms with Crippen molar-refractivity contribution in [1.29, 1.82) is 0 Å². The van der Waals surface area contributed by atoms with Gasteiger partial charge in [0.25, 0.3) is 15.9 Å². The Bertz CT molecular complexity index is 1250. The number of hydrogen-bond donors (Lipinski definition) is 1. The minimum Gasteiger partial charge on any atom is -0.334 e. The number of rotatable bonds is 5. The Morgan fingerprint density at radius 2 is 1.45 bits per heavy atom. The van der Waals surface area contributed by atoms with Gasteiger partial charge in [-0.25, -0.2) is 8.42 Å². The number of sulfonamides is 1. The maximum Gasteiger partial charge on any atom is 0.261 e. The SMILES string of the molecule is Cc1ccc(-c2noc(-c3ccccc3NS(=O)(=O)c3ccc(C)cc3)n2)cc1. The van der Waals surface area contributed by atoms with E-state index in [9.17, 15) is 8.42 Å². The van der Waals surface area contributed by atoms with Gasteiger partial charge in [0.2, 0.25) is 5.82 Å². The van der Waals surface area contributed by atoms with Crippen molar-refractivity contribution < 1.29 is 12.9 Å². The summed E-state index contributed by atoms with van der Waals surface area (Å²) >= 11 is 0. The average Bonchev–Trinajstić information content (AvgIpc) is 3.19. The van der Waals surface area contributed by atoms with Gasteiger partial charge < -0.3 is 4.52 Å². The molecule has 7 heteroatoms. The van der Waals surface area contributed by atoms with Gasteiger partial charge >= 0.3 is 0 Å². The predicted octanol–water partition coefficient (Wildman–Crippen LogP) is 4.82. The van der Waals surface area contributed by atoms with Crippen LogP contribution in [0.25, 0.3) is 22.8 Å². The zero-order valence-electron chi connectivity index (χ0n) is 16.0. The Morgan fingerprint density at radius 3 is 2.14 bits per heavy atom. The molecule has 0 radical (unpaired) electrons. The summed E-state index contributed by atoms with van der Waals surface area (Å²) in [6.45, 7) is 3.90. The van der Waals surface area contributed by atoms with Gasteiger partial charge in [-0.3, -0.25) is 4.72 Å². The summed E-state index contributed by atoms with van der Waals surface area (Å²) in [4.78, 5) is 4.63. The summed E-state index contributed by atoms with van der Waals surface area (Å²) in [6, 6.07) is 21.3. The molecule has 146 valence electrons. The van der Waals surface area contributed by atoms with Crippen molar-refractivity contribution in [3.05, 3.63) is 83.9 Å². The van der Waals surface area contributed by atoms with E-state index in [0.29, 0.717) is 17.1 Å². The Hall–Kier alpha value is -3.45. The molecule has 0 spiro atoms. The first kappa shape index (κ1) is 18.9. The summed E-state index contributed by atoms with van der Waals surface area (Å²) in [7, 11) is -3.75. The summed E-state index contributed by atoms with van der Waals surface area (Å²) in [5.41, 5.74) is 3.82. The topological polar surface area (TPSA) is 85.1 Å². The number of anilines is 1. The third-order valence-electron chi connectivity index (χ3n) is 4.47. The number of nitrogens with zero attached hydrogens (tertiary/aromatic N) is 2. The van der Waals surface area contributed by atoms with Crippen LogP contribution in [-0.2, 0) is 10.0 Å². The van der Waals surface area contributed by atoms with Crippen LogP contribution in [0.5, 0.6) is 0 Å². The minimum atomic E-state index is -3.75. The molecule has 1 aromatic heterocycles. The monoisotopic (exact) mass is 405 g/mol. The Balaban J connectivity index is 1.67. The number of hydrogen-bond acceptors (Lipinski definition) is 5. The van der Waals surface area contributed by atoms with Crippen LogP contribution in [0.3, 0.4) is 0 Å². The molecule has 29 heavy (non-hydrogen) atoms. The van der Waals surface area contributed by atoms with E-state index in [4.69, 9.17) is 4.52 Å². The number of para-hydroxylation sites is 1. The van der Waals surface area contributed by atoms with Gasteiger partial charge in [0.15, 0.2) is 0 Å². The van der Waals surface area contributed by atoms with Crippen molar-refractivity contribution >= 4 is 15.7 Å². The van der Waals surface area contributed by atoms with Crippen LogP contribution >= 0.6 is 0 Å². The van der Waals surface area contributed by atoms with Gasteiger partial charge in [-0.1, -0.05) is 64.8 Å². The lowest BCUT2D eigenvalue weighted by molar-refractivity contribution is 0.432. The molecule has 0 saturated heterocycles. The molecule has 0 aliphatic heterocycles. The van der Waals surface area contributed by atoms with E-state index in [1.165, 1.54) is 0 Å². The van der Waals surface area contributed by atoms with Gasteiger partial charge in [-0.2, -0.15) is 4.98 Å². The van der Waals surface area contributed by atoms with Gasteiger partial charge in [-0.15, -0.1) is 0 Å². The smallest absolute Gasteiger partial charge is 0.261 e. The van der Waals surface area contributed by atoms with Crippen LogP contribution in [0, 0.1) is 13.8 Å². The fourth-order valence-corrected chi connectivity index (χ4v) is 3.91. The molecule has 0 saturated carbocycles. The van der Waals surface area contributed by atoms with Crippen LogP contribution < -0.4 is 4.72 Å². The van der Waals surface area contributed by atoms with Crippen LogP contribution in [-0.4, -0.2) is 18.6 Å². The predicted molar refractivity (Wildman–Crippen MR) is 112 cm³/mol. The Labute approximate surface area is 169 Å².